The Bertz CT molecular complexity index is 2910. The smallest absolute Gasteiger partial charge is 0.453 e. The number of fused-ring (bicyclic) bond motifs is 7. The Morgan fingerprint density at radius 3 is 1.77 bits per heavy atom. The Morgan fingerprint density at radius 1 is 0.547 bits per heavy atom. The molecule has 0 spiro atoms. The molecule has 258 valence electrons. The fourth-order valence-corrected chi connectivity index (χ4v) is 8.97. The molecular weight excluding hydrogens is 690 g/mol. The molecule has 0 aliphatic rings. The zero-order valence-corrected chi connectivity index (χ0v) is 31.5. The Labute approximate surface area is 310 Å². The van der Waals surface area contributed by atoms with Crippen LogP contribution in [-0.2, 0) is 0 Å². The standard InChI is InChI=1S/C47H36O4P2/c1-4-11-36-31(3)20-26-41-44(36)46-38-16-9-6-13-33(38)22-28-42(46)50-53(49-41)51-43-29-23-34-14-7-10-17-39(34)47(43)45-37-15-8-5-12-32(37)21-27-40(45)48-52-35-24-18-30(2)19-25-35/h4-29,52H,1-3H3. The summed E-state index contributed by atoms with van der Waals surface area (Å²) >= 11 is 0. The van der Waals surface area contributed by atoms with Gasteiger partial charge in [0.1, 0.15) is 31.5 Å². The van der Waals surface area contributed by atoms with Crippen molar-refractivity contribution in [2.45, 2.75) is 20.8 Å². The molecule has 6 heteroatoms. The van der Waals surface area contributed by atoms with Crippen LogP contribution in [0.2, 0.25) is 0 Å². The molecule has 9 rings (SSSR count). The van der Waals surface area contributed by atoms with Gasteiger partial charge in [-0.1, -0.05) is 139 Å². The number of hydrogen-bond donors (Lipinski definition) is 0. The van der Waals surface area contributed by atoms with Gasteiger partial charge in [-0.2, -0.15) is 0 Å². The fraction of sp³-hybridized carbons (Fsp3) is 0.0638. The maximum absolute atomic E-state index is 7.01. The molecule has 8 aromatic carbocycles. The van der Waals surface area contributed by atoms with E-state index in [0.717, 1.165) is 87.6 Å². The van der Waals surface area contributed by atoms with E-state index in [2.05, 4.69) is 153 Å². The third-order valence-electron chi connectivity index (χ3n) is 9.78. The third-order valence-corrected chi connectivity index (χ3v) is 11.7. The van der Waals surface area contributed by atoms with Crippen molar-refractivity contribution in [1.82, 2.24) is 0 Å². The molecule has 0 bridgehead atoms. The zero-order valence-electron chi connectivity index (χ0n) is 29.6. The predicted molar refractivity (Wildman–Crippen MR) is 226 cm³/mol. The van der Waals surface area contributed by atoms with Gasteiger partial charge in [0.15, 0.2) is 0 Å². The zero-order chi connectivity index (χ0) is 35.9. The van der Waals surface area contributed by atoms with Crippen LogP contribution in [0.1, 0.15) is 23.6 Å². The Kier molecular flexibility index (Phi) is 8.72. The molecule has 4 nitrogen and oxygen atoms in total. The minimum atomic E-state index is -1.96. The summed E-state index contributed by atoms with van der Waals surface area (Å²) in [7, 11) is -1.83. The largest absolute Gasteiger partial charge is 0.472 e. The van der Waals surface area contributed by atoms with Crippen LogP contribution in [0.4, 0.5) is 0 Å². The van der Waals surface area contributed by atoms with Crippen molar-refractivity contribution < 1.29 is 17.4 Å². The first kappa shape index (κ1) is 33.1. The van der Waals surface area contributed by atoms with Gasteiger partial charge in [-0.3, -0.25) is 0 Å². The van der Waals surface area contributed by atoms with Crippen LogP contribution in [0.15, 0.2) is 160 Å². The monoisotopic (exact) mass is 726 g/mol. The fourth-order valence-electron chi connectivity index (χ4n) is 7.22. The van der Waals surface area contributed by atoms with Crippen LogP contribution in [0.5, 0.6) is 11.5 Å². The topological polar surface area (TPSA) is 44.7 Å². The lowest BCUT2D eigenvalue weighted by Crippen LogP contribution is -1.98. The summed E-state index contributed by atoms with van der Waals surface area (Å²) in [5, 5.41) is 9.70. The van der Waals surface area contributed by atoms with Gasteiger partial charge in [0.05, 0.1) is 0 Å². The van der Waals surface area contributed by atoms with E-state index in [4.69, 9.17) is 17.4 Å². The number of allylic oxidation sites excluding steroid dienone is 1. The Balaban J connectivity index is 1.30. The van der Waals surface area contributed by atoms with Crippen molar-refractivity contribution in [3.8, 4) is 22.6 Å². The van der Waals surface area contributed by atoms with Gasteiger partial charge in [0, 0.05) is 27.2 Å². The Morgan fingerprint density at radius 2 is 1.09 bits per heavy atom. The number of rotatable bonds is 7. The first-order valence-corrected chi connectivity index (χ1v) is 19.7. The summed E-state index contributed by atoms with van der Waals surface area (Å²) < 4.78 is 27.4. The second-order valence-electron chi connectivity index (χ2n) is 13.2. The van der Waals surface area contributed by atoms with Crippen LogP contribution in [0.3, 0.4) is 0 Å². The Hall–Kier alpha value is -5.79. The highest BCUT2D eigenvalue weighted by molar-refractivity contribution is 7.42. The molecule has 0 aliphatic carbocycles. The molecule has 9 aromatic rings. The average Bonchev–Trinajstić information content (AvgIpc) is 3.35. The van der Waals surface area contributed by atoms with Crippen LogP contribution in [0, 0.1) is 13.8 Å². The molecule has 1 heterocycles. The molecule has 0 saturated heterocycles. The minimum absolute atomic E-state index is 0.126. The van der Waals surface area contributed by atoms with E-state index in [0.29, 0.717) is 5.75 Å². The molecule has 2 unspecified atom stereocenters. The van der Waals surface area contributed by atoms with Gasteiger partial charge in [-0.25, -0.2) is 0 Å². The van der Waals surface area contributed by atoms with E-state index in [1.807, 2.05) is 25.1 Å². The molecule has 0 saturated carbocycles. The molecular formula is C47H36O4P2. The second-order valence-corrected chi connectivity index (χ2v) is 15.2. The second kappa shape index (κ2) is 14.0. The first-order chi connectivity index (χ1) is 26.1. The van der Waals surface area contributed by atoms with Crippen molar-refractivity contribution in [1.29, 1.82) is 0 Å². The molecule has 53 heavy (non-hydrogen) atoms. The molecule has 0 radical (unpaired) electrons. The number of benzene rings is 8. The molecule has 0 aliphatic heterocycles. The van der Waals surface area contributed by atoms with E-state index in [1.165, 1.54) is 5.56 Å². The number of hydrogen-bond acceptors (Lipinski definition) is 4. The normalized spacial score (nSPS) is 12.2. The highest BCUT2D eigenvalue weighted by Gasteiger charge is 2.22. The maximum atomic E-state index is 7.01. The summed E-state index contributed by atoms with van der Waals surface area (Å²) in [5.41, 5.74) is 6.82. The summed E-state index contributed by atoms with van der Waals surface area (Å²) in [5.74, 6) is 1.44. The number of aryl methyl sites for hydroxylation is 2. The third kappa shape index (κ3) is 6.15. The molecule has 0 amide bonds. The van der Waals surface area contributed by atoms with Crippen molar-refractivity contribution in [3.63, 3.8) is 0 Å². The van der Waals surface area contributed by atoms with Gasteiger partial charge in [-0.05, 0) is 88.5 Å². The molecule has 2 atom stereocenters. The average molecular weight is 727 g/mol. The van der Waals surface area contributed by atoms with Crippen molar-refractivity contribution >= 4 is 82.7 Å². The highest BCUT2D eigenvalue weighted by Crippen LogP contribution is 2.50. The van der Waals surface area contributed by atoms with Gasteiger partial charge in [0.2, 0.25) is 0 Å². The molecule has 0 fully saturated rings. The lowest BCUT2D eigenvalue weighted by Gasteiger charge is -2.18. The lowest BCUT2D eigenvalue weighted by molar-refractivity contribution is 0.499. The summed E-state index contributed by atoms with van der Waals surface area (Å²) in [6, 6.07) is 50.4. The van der Waals surface area contributed by atoms with Crippen molar-refractivity contribution in [3.05, 3.63) is 168 Å². The van der Waals surface area contributed by atoms with Gasteiger partial charge in [-0.15, -0.1) is 0 Å². The minimum Gasteiger partial charge on any atom is -0.472 e. The SMILES string of the molecule is CC=Cc1c(C)ccc2op(Oc3ccc4ccccc4c3-c3c(OPc4ccc(C)cc4)ccc4ccccc34)oc3ccc4ccccc4c3c12. The first-order valence-electron chi connectivity index (χ1n) is 17.7. The van der Waals surface area contributed by atoms with Gasteiger partial charge in [0.25, 0.3) is 0 Å². The van der Waals surface area contributed by atoms with Crippen LogP contribution in [-0.4, -0.2) is 0 Å². The maximum Gasteiger partial charge on any atom is 0.453 e. The van der Waals surface area contributed by atoms with Gasteiger partial charge >= 0.3 is 8.24 Å². The van der Waals surface area contributed by atoms with E-state index in [9.17, 15) is 0 Å². The van der Waals surface area contributed by atoms with E-state index in [-0.39, 0.29) is 8.81 Å². The van der Waals surface area contributed by atoms with E-state index >= 15 is 0 Å². The predicted octanol–water partition coefficient (Wildman–Crippen LogP) is 14.2. The van der Waals surface area contributed by atoms with Crippen LogP contribution in [0.25, 0.3) is 71.5 Å². The molecule has 0 N–H and O–H groups in total. The summed E-state index contributed by atoms with van der Waals surface area (Å²) in [6.07, 6.45) is 4.22. The van der Waals surface area contributed by atoms with Crippen molar-refractivity contribution in [2.24, 2.45) is 0 Å². The van der Waals surface area contributed by atoms with Crippen molar-refractivity contribution in [2.75, 3.05) is 0 Å². The van der Waals surface area contributed by atoms with Crippen LogP contribution < -0.4 is 14.4 Å². The lowest BCUT2D eigenvalue weighted by atomic mass is 9.92. The van der Waals surface area contributed by atoms with Gasteiger partial charge < -0.3 is 17.4 Å². The summed E-state index contributed by atoms with van der Waals surface area (Å²) in [6.45, 7) is 6.28. The molecule has 1 aromatic heterocycles. The summed E-state index contributed by atoms with van der Waals surface area (Å²) in [4.78, 5) is 0. The van der Waals surface area contributed by atoms with Crippen LogP contribution >= 0.6 is 17.0 Å². The highest BCUT2D eigenvalue weighted by atomic mass is 31.1. The quantitative estimate of drug-likeness (QED) is 0.153. The van der Waals surface area contributed by atoms with E-state index in [1.54, 1.807) is 0 Å². The van der Waals surface area contributed by atoms with E-state index < -0.39 is 8.24 Å².